The summed E-state index contributed by atoms with van der Waals surface area (Å²) in [5.74, 6) is 0.169. The summed E-state index contributed by atoms with van der Waals surface area (Å²) in [4.78, 5) is 24.3. The van der Waals surface area contributed by atoms with Gasteiger partial charge in [0.2, 0.25) is 0 Å². The average Bonchev–Trinajstić information content (AvgIpc) is 2.80. The third-order valence-electron chi connectivity index (χ3n) is 4.31. The van der Waals surface area contributed by atoms with E-state index in [4.69, 9.17) is 9.47 Å². The number of carbonyl (C=O) groups is 2. The molecule has 0 aliphatic heterocycles. The van der Waals surface area contributed by atoms with Crippen LogP contribution in [0.1, 0.15) is 15.9 Å². The van der Waals surface area contributed by atoms with Gasteiger partial charge in [-0.15, -0.1) is 0 Å². The molecule has 3 aromatic rings. The summed E-state index contributed by atoms with van der Waals surface area (Å²) in [7, 11) is 3.07. The third-order valence-corrected chi connectivity index (χ3v) is 4.31. The Kier molecular flexibility index (Phi) is 7.37. The number of nitrogens with one attached hydrogen (secondary N) is 3. The summed E-state index contributed by atoms with van der Waals surface area (Å²) in [6.45, 7) is 0. The van der Waals surface area contributed by atoms with E-state index in [1.54, 1.807) is 43.5 Å². The molecule has 0 saturated heterocycles. The molecule has 32 heavy (non-hydrogen) atoms. The minimum atomic E-state index is -0.605. The Labute approximate surface area is 184 Å². The fourth-order valence-electron chi connectivity index (χ4n) is 2.72. The van der Waals surface area contributed by atoms with Crippen molar-refractivity contribution in [3.05, 3.63) is 83.7 Å². The summed E-state index contributed by atoms with van der Waals surface area (Å²) in [6.07, 6.45) is 1.48. The molecule has 0 unspecified atom stereocenters. The Morgan fingerprint density at radius 3 is 2.31 bits per heavy atom. The zero-order valence-electron chi connectivity index (χ0n) is 17.4. The van der Waals surface area contributed by atoms with Crippen molar-refractivity contribution in [3.8, 4) is 11.5 Å². The van der Waals surface area contributed by atoms with E-state index < -0.39 is 17.8 Å². The molecule has 0 saturated carbocycles. The second-order valence-corrected chi connectivity index (χ2v) is 6.45. The third kappa shape index (κ3) is 5.82. The summed E-state index contributed by atoms with van der Waals surface area (Å²) in [5.41, 5.74) is 3.98. The second kappa shape index (κ2) is 10.6. The van der Waals surface area contributed by atoms with Gasteiger partial charge in [0.15, 0.2) is 11.5 Å². The standard InChI is InChI=1S/C23H21FN4O4/c1-31-20-12-7-15(13-21(20)32-2)14-25-28-22(29)16-8-10-17(11-9-16)26-23(30)27-19-6-4-3-5-18(19)24/h3-14H,1-2H3,(H,28,29)(H2,26,27,30)/b25-14+. The zero-order chi connectivity index (χ0) is 22.9. The van der Waals surface area contributed by atoms with Crippen LogP contribution in [-0.2, 0) is 0 Å². The summed E-state index contributed by atoms with van der Waals surface area (Å²) < 4.78 is 24.0. The van der Waals surface area contributed by atoms with E-state index in [9.17, 15) is 14.0 Å². The highest BCUT2D eigenvalue weighted by molar-refractivity contribution is 6.00. The van der Waals surface area contributed by atoms with Gasteiger partial charge in [-0.1, -0.05) is 12.1 Å². The Hall–Kier alpha value is -4.40. The monoisotopic (exact) mass is 436 g/mol. The van der Waals surface area contributed by atoms with E-state index in [2.05, 4.69) is 21.2 Å². The SMILES string of the molecule is COc1ccc(/C=N/NC(=O)c2ccc(NC(=O)Nc3ccccc3F)cc2)cc1OC. The Morgan fingerprint density at radius 1 is 0.906 bits per heavy atom. The molecule has 0 aromatic heterocycles. The lowest BCUT2D eigenvalue weighted by atomic mass is 10.2. The van der Waals surface area contributed by atoms with Crippen LogP contribution < -0.4 is 25.5 Å². The number of amides is 3. The number of methoxy groups -OCH3 is 2. The van der Waals surface area contributed by atoms with E-state index >= 15 is 0 Å². The smallest absolute Gasteiger partial charge is 0.323 e. The van der Waals surface area contributed by atoms with Gasteiger partial charge in [-0.25, -0.2) is 14.6 Å². The van der Waals surface area contributed by atoms with Gasteiger partial charge in [0.25, 0.3) is 5.91 Å². The van der Waals surface area contributed by atoms with E-state index in [0.717, 1.165) is 0 Å². The lowest BCUT2D eigenvalue weighted by molar-refractivity contribution is 0.0955. The number of nitrogens with zero attached hydrogens (tertiary/aromatic N) is 1. The highest BCUT2D eigenvalue weighted by Crippen LogP contribution is 2.26. The largest absolute Gasteiger partial charge is 0.493 e. The Morgan fingerprint density at radius 2 is 1.62 bits per heavy atom. The second-order valence-electron chi connectivity index (χ2n) is 6.45. The van der Waals surface area contributed by atoms with Gasteiger partial charge < -0.3 is 20.1 Å². The molecule has 3 rings (SSSR count). The van der Waals surface area contributed by atoms with E-state index in [0.29, 0.717) is 28.3 Å². The maximum atomic E-state index is 13.6. The maximum Gasteiger partial charge on any atom is 0.323 e. The van der Waals surface area contributed by atoms with Crippen molar-refractivity contribution in [3.63, 3.8) is 0 Å². The van der Waals surface area contributed by atoms with Crippen LogP contribution in [0, 0.1) is 5.82 Å². The number of hydrazone groups is 1. The Balaban J connectivity index is 1.55. The first-order chi connectivity index (χ1) is 15.5. The van der Waals surface area contributed by atoms with Gasteiger partial charge in [0, 0.05) is 11.3 Å². The van der Waals surface area contributed by atoms with Crippen molar-refractivity contribution in [2.24, 2.45) is 5.10 Å². The number of halogens is 1. The first kappa shape index (κ1) is 22.3. The maximum absolute atomic E-state index is 13.6. The number of hydrogen-bond donors (Lipinski definition) is 3. The van der Waals surface area contributed by atoms with Crippen LogP contribution >= 0.6 is 0 Å². The van der Waals surface area contributed by atoms with Crippen molar-refractivity contribution in [1.29, 1.82) is 0 Å². The lowest BCUT2D eigenvalue weighted by Gasteiger charge is -2.09. The molecule has 9 heteroatoms. The fraction of sp³-hybridized carbons (Fsp3) is 0.0870. The molecule has 3 amide bonds. The molecule has 0 spiro atoms. The summed E-state index contributed by atoms with van der Waals surface area (Å²) in [6, 6.07) is 16.6. The minimum Gasteiger partial charge on any atom is -0.493 e. The van der Waals surface area contributed by atoms with Gasteiger partial charge in [-0.3, -0.25) is 4.79 Å². The highest BCUT2D eigenvalue weighted by atomic mass is 19.1. The van der Waals surface area contributed by atoms with Crippen LogP contribution in [0.4, 0.5) is 20.6 Å². The molecule has 0 heterocycles. The number of hydrogen-bond acceptors (Lipinski definition) is 5. The summed E-state index contributed by atoms with van der Waals surface area (Å²) in [5, 5.41) is 8.92. The van der Waals surface area contributed by atoms with Gasteiger partial charge >= 0.3 is 6.03 Å². The molecule has 0 bridgehead atoms. The molecule has 3 aromatic carbocycles. The summed E-state index contributed by atoms with van der Waals surface area (Å²) >= 11 is 0. The molecule has 164 valence electrons. The van der Waals surface area contributed by atoms with Crippen LogP contribution in [0.3, 0.4) is 0 Å². The van der Waals surface area contributed by atoms with Gasteiger partial charge in [-0.05, 0) is 60.2 Å². The number of ether oxygens (including phenoxy) is 2. The fourth-order valence-corrected chi connectivity index (χ4v) is 2.72. The predicted octanol–water partition coefficient (Wildman–Crippen LogP) is 4.25. The van der Waals surface area contributed by atoms with Crippen molar-refractivity contribution in [1.82, 2.24) is 5.43 Å². The number of rotatable bonds is 7. The molecule has 3 N–H and O–H groups in total. The number of para-hydroxylation sites is 1. The topological polar surface area (TPSA) is 101 Å². The first-order valence-corrected chi connectivity index (χ1v) is 9.48. The van der Waals surface area contributed by atoms with Gasteiger partial charge in [-0.2, -0.15) is 5.10 Å². The van der Waals surface area contributed by atoms with Crippen LogP contribution in [-0.4, -0.2) is 32.4 Å². The number of urea groups is 1. The average molecular weight is 436 g/mol. The van der Waals surface area contributed by atoms with E-state index in [1.807, 2.05) is 0 Å². The molecule has 0 aliphatic carbocycles. The van der Waals surface area contributed by atoms with Crippen LogP contribution in [0.15, 0.2) is 71.8 Å². The normalized spacial score (nSPS) is 10.5. The Bertz CT molecular complexity index is 1130. The van der Waals surface area contributed by atoms with Crippen LogP contribution in [0.5, 0.6) is 11.5 Å². The quantitative estimate of drug-likeness (QED) is 0.381. The van der Waals surface area contributed by atoms with E-state index in [1.165, 1.54) is 43.7 Å². The molecule has 0 atom stereocenters. The number of anilines is 2. The van der Waals surface area contributed by atoms with Crippen molar-refractivity contribution in [2.75, 3.05) is 24.9 Å². The molecular formula is C23H21FN4O4. The molecule has 0 fully saturated rings. The van der Waals surface area contributed by atoms with E-state index in [-0.39, 0.29) is 5.69 Å². The first-order valence-electron chi connectivity index (χ1n) is 9.48. The zero-order valence-corrected chi connectivity index (χ0v) is 17.4. The highest BCUT2D eigenvalue weighted by Gasteiger charge is 2.08. The van der Waals surface area contributed by atoms with Gasteiger partial charge in [0.1, 0.15) is 5.82 Å². The van der Waals surface area contributed by atoms with Gasteiger partial charge in [0.05, 0.1) is 26.1 Å². The number of carbonyl (C=O) groups excluding carboxylic acids is 2. The van der Waals surface area contributed by atoms with Crippen molar-refractivity contribution >= 4 is 29.5 Å². The predicted molar refractivity (Wildman–Crippen MR) is 120 cm³/mol. The van der Waals surface area contributed by atoms with Crippen LogP contribution in [0.2, 0.25) is 0 Å². The minimum absolute atomic E-state index is 0.0633. The number of benzene rings is 3. The molecule has 0 radical (unpaired) electrons. The molecular weight excluding hydrogens is 415 g/mol. The van der Waals surface area contributed by atoms with Crippen LogP contribution in [0.25, 0.3) is 0 Å². The molecule has 8 nitrogen and oxygen atoms in total. The van der Waals surface area contributed by atoms with Crippen molar-refractivity contribution < 1.29 is 23.5 Å². The molecule has 0 aliphatic rings. The lowest BCUT2D eigenvalue weighted by Crippen LogP contribution is -2.20. The van der Waals surface area contributed by atoms with Crippen molar-refractivity contribution in [2.45, 2.75) is 0 Å².